The minimum absolute atomic E-state index is 0.0569. The van der Waals surface area contributed by atoms with Gasteiger partial charge >= 0.3 is 0 Å². The van der Waals surface area contributed by atoms with Crippen molar-refractivity contribution in [2.24, 2.45) is 0 Å². The Balaban J connectivity index is 2.19. The Morgan fingerprint density at radius 3 is 2.89 bits per heavy atom. The van der Waals surface area contributed by atoms with Crippen molar-refractivity contribution in [3.8, 4) is 0 Å². The summed E-state index contributed by atoms with van der Waals surface area (Å²) in [4.78, 5) is 14.4. The van der Waals surface area contributed by atoms with Crippen LogP contribution in [-0.2, 0) is 4.74 Å². The first-order chi connectivity index (χ1) is 8.63. The number of methoxy groups -OCH3 is 1. The fourth-order valence-electron chi connectivity index (χ4n) is 1.84. The third-order valence-electron chi connectivity index (χ3n) is 2.94. The van der Waals surface area contributed by atoms with Crippen molar-refractivity contribution in [3.05, 3.63) is 32.4 Å². The first kappa shape index (κ1) is 14.1. The summed E-state index contributed by atoms with van der Waals surface area (Å²) in [7, 11) is 1.65. The number of amides is 1. The predicted molar refractivity (Wildman–Crippen MR) is 80.1 cm³/mol. The molecule has 0 radical (unpaired) electrons. The highest BCUT2D eigenvalue weighted by atomic mass is 127. The van der Waals surface area contributed by atoms with E-state index in [4.69, 9.17) is 16.3 Å². The molecule has 1 aromatic rings. The van der Waals surface area contributed by atoms with E-state index < -0.39 is 0 Å². The molecule has 0 N–H and O–H groups in total. The van der Waals surface area contributed by atoms with E-state index in [-0.39, 0.29) is 5.91 Å². The number of nitrogens with zero attached hydrogens (tertiary/aromatic N) is 1. The van der Waals surface area contributed by atoms with Crippen LogP contribution in [-0.4, -0.2) is 37.1 Å². The number of ether oxygens (including phenoxy) is 1. The van der Waals surface area contributed by atoms with Crippen LogP contribution in [0.4, 0.5) is 0 Å². The number of rotatable bonds is 5. The molecule has 0 aromatic heterocycles. The minimum Gasteiger partial charge on any atom is -0.383 e. The van der Waals surface area contributed by atoms with Gasteiger partial charge in [-0.25, -0.2) is 0 Å². The monoisotopic (exact) mass is 379 g/mol. The average Bonchev–Trinajstić information content (AvgIpc) is 3.17. The molecule has 0 unspecified atom stereocenters. The number of benzene rings is 1. The molecule has 1 amide bonds. The molecule has 0 aliphatic heterocycles. The van der Waals surface area contributed by atoms with Gasteiger partial charge in [0.1, 0.15) is 0 Å². The third-order valence-corrected chi connectivity index (χ3v) is 4.12. The molecule has 1 fully saturated rings. The molecule has 1 aromatic carbocycles. The summed E-state index contributed by atoms with van der Waals surface area (Å²) in [6.45, 7) is 1.21. The van der Waals surface area contributed by atoms with E-state index >= 15 is 0 Å². The number of carbonyl (C=O) groups is 1. The van der Waals surface area contributed by atoms with Gasteiger partial charge in [0, 0.05) is 28.3 Å². The predicted octanol–water partition coefficient (Wildman–Crippen LogP) is 3.20. The summed E-state index contributed by atoms with van der Waals surface area (Å²) in [6.07, 6.45) is 2.18. The van der Waals surface area contributed by atoms with Crippen LogP contribution in [0.3, 0.4) is 0 Å². The van der Waals surface area contributed by atoms with Gasteiger partial charge in [0.05, 0.1) is 12.2 Å². The van der Waals surface area contributed by atoms with E-state index in [9.17, 15) is 4.79 Å². The van der Waals surface area contributed by atoms with Gasteiger partial charge < -0.3 is 9.64 Å². The number of carbonyl (C=O) groups excluding carboxylic acids is 1. The van der Waals surface area contributed by atoms with Crippen LogP contribution < -0.4 is 0 Å². The second kappa shape index (κ2) is 6.21. The van der Waals surface area contributed by atoms with E-state index in [0.717, 1.165) is 16.4 Å². The zero-order valence-electron chi connectivity index (χ0n) is 10.2. The van der Waals surface area contributed by atoms with Crippen molar-refractivity contribution in [1.82, 2.24) is 4.90 Å². The molecule has 0 saturated heterocycles. The highest BCUT2D eigenvalue weighted by Gasteiger charge is 2.33. The van der Waals surface area contributed by atoms with Crippen LogP contribution >= 0.6 is 34.2 Å². The molecule has 98 valence electrons. The third kappa shape index (κ3) is 3.36. The van der Waals surface area contributed by atoms with E-state index in [1.807, 2.05) is 11.0 Å². The second-order valence-corrected chi connectivity index (χ2v) is 5.95. The molecule has 18 heavy (non-hydrogen) atoms. The lowest BCUT2D eigenvalue weighted by Gasteiger charge is -2.22. The quantitative estimate of drug-likeness (QED) is 0.735. The largest absolute Gasteiger partial charge is 0.383 e. The van der Waals surface area contributed by atoms with Gasteiger partial charge in [0.25, 0.3) is 5.91 Å². The first-order valence-corrected chi connectivity index (χ1v) is 7.34. The fraction of sp³-hybridized carbons (Fsp3) is 0.462. The zero-order valence-corrected chi connectivity index (χ0v) is 13.1. The summed E-state index contributed by atoms with van der Waals surface area (Å²) in [5.41, 5.74) is 0.686. The molecular formula is C13H15ClINO2. The lowest BCUT2D eigenvalue weighted by Crippen LogP contribution is -2.36. The van der Waals surface area contributed by atoms with Crippen LogP contribution in [0.1, 0.15) is 23.2 Å². The van der Waals surface area contributed by atoms with E-state index in [2.05, 4.69) is 22.6 Å². The molecule has 0 bridgehead atoms. The molecule has 1 aliphatic rings. The maximum Gasteiger partial charge on any atom is 0.255 e. The highest BCUT2D eigenvalue weighted by Crippen LogP contribution is 2.29. The van der Waals surface area contributed by atoms with E-state index in [0.29, 0.717) is 29.8 Å². The summed E-state index contributed by atoms with van der Waals surface area (Å²) in [5.74, 6) is 0.0569. The van der Waals surface area contributed by atoms with Crippen LogP contribution in [0.25, 0.3) is 0 Å². The molecule has 0 heterocycles. The molecular weight excluding hydrogens is 365 g/mol. The Morgan fingerprint density at radius 1 is 1.56 bits per heavy atom. The summed E-state index contributed by atoms with van der Waals surface area (Å²) < 4.78 is 6.00. The number of hydrogen-bond acceptors (Lipinski definition) is 2. The number of halogens is 2. The van der Waals surface area contributed by atoms with Gasteiger partial charge in [-0.15, -0.1) is 0 Å². The lowest BCUT2D eigenvalue weighted by molar-refractivity contribution is 0.0679. The normalized spacial score (nSPS) is 14.6. The average molecular weight is 380 g/mol. The second-order valence-electron chi connectivity index (χ2n) is 4.35. The topological polar surface area (TPSA) is 29.5 Å². The molecule has 3 nitrogen and oxygen atoms in total. The number of hydrogen-bond donors (Lipinski definition) is 0. The Hall–Kier alpha value is -0.330. The van der Waals surface area contributed by atoms with Crippen LogP contribution in [0.5, 0.6) is 0 Å². The molecule has 0 atom stereocenters. The van der Waals surface area contributed by atoms with Gasteiger partial charge in [-0.2, -0.15) is 0 Å². The first-order valence-electron chi connectivity index (χ1n) is 5.88. The Bertz CT molecular complexity index is 449. The van der Waals surface area contributed by atoms with Gasteiger partial charge in [-0.3, -0.25) is 4.79 Å². The lowest BCUT2D eigenvalue weighted by atomic mass is 10.2. The van der Waals surface area contributed by atoms with E-state index in [1.165, 1.54) is 0 Å². The summed E-state index contributed by atoms with van der Waals surface area (Å²) in [6, 6.07) is 5.80. The molecule has 1 aliphatic carbocycles. The van der Waals surface area contributed by atoms with Crippen molar-refractivity contribution in [2.75, 3.05) is 20.3 Å². The van der Waals surface area contributed by atoms with Gasteiger partial charge in [0.2, 0.25) is 0 Å². The SMILES string of the molecule is COCCN(C(=O)c1cc(Cl)ccc1I)C1CC1. The van der Waals surface area contributed by atoms with Crippen LogP contribution in [0.2, 0.25) is 5.02 Å². The summed E-state index contributed by atoms with van der Waals surface area (Å²) in [5, 5.41) is 0.598. The highest BCUT2D eigenvalue weighted by molar-refractivity contribution is 14.1. The molecule has 2 rings (SSSR count). The smallest absolute Gasteiger partial charge is 0.255 e. The van der Waals surface area contributed by atoms with Crippen LogP contribution in [0, 0.1) is 3.57 Å². The molecule has 5 heteroatoms. The van der Waals surface area contributed by atoms with Crippen molar-refractivity contribution >= 4 is 40.1 Å². The van der Waals surface area contributed by atoms with E-state index in [1.54, 1.807) is 19.2 Å². The Kier molecular flexibility index (Phi) is 4.86. The fourth-order valence-corrected chi connectivity index (χ4v) is 2.58. The van der Waals surface area contributed by atoms with Crippen molar-refractivity contribution in [2.45, 2.75) is 18.9 Å². The Morgan fingerprint density at radius 2 is 2.28 bits per heavy atom. The maximum absolute atomic E-state index is 12.5. The van der Waals surface area contributed by atoms with Crippen molar-refractivity contribution in [3.63, 3.8) is 0 Å². The minimum atomic E-state index is 0.0569. The van der Waals surface area contributed by atoms with Gasteiger partial charge in [-0.1, -0.05) is 11.6 Å². The molecule has 0 spiro atoms. The zero-order chi connectivity index (χ0) is 13.1. The summed E-state index contributed by atoms with van der Waals surface area (Å²) >= 11 is 8.14. The van der Waals surface area contributed by atoms with Crippen molar-refractivity contribution < 1.29 is 9.53 Å². The molecule has 1 saturated carbocycles. The maximum atomic E-state index is 12.5. The van der Waals surface area contributed by atoms with Crippen LogP contribution in [0.15, 0.2) is 18.2 Å². The Labute approximate surface area is 126 Å². The standard InChI is InChI=1S/C13H15ClINO2/c1-18-7-6-16(10-3-4-10)13(17)11-8-9(14)2-5-12(11)15/h2,5,8,10H,3-4,6-7H2,1H3. The van der Waals surface area contributed by atoms with Gasteiger partial charge in [-0.05, 0) is 53.6 Å². The van der Waals surface area contributed by atoms with Gasteiger partial charge in [0.15, 0.2) is 0 Å². The van der Waals surface area contributed by atoms with Crippen molar-refractivity contribution in [1.29, 1.82) is 0 Å².